The van der Waals surface area contributed by atoms with Crippen LogP contribution in [0.4, 0.5) is 0 Å². The highest BCUT2D eigenvalue weighted by Gasteiger charge is 2.30. The molecule has 0 aromatic carbocycles. The third-order valence-electron chi connectivity index (χ3n) is 4.70. The predicted molar refractivity (Wildman–Crippen MR) is 116 cm³/mol. The Morgan fingerprint density at radius 1 is 1.24 bits per heavy atom. The van der Waals surface area contributed by atoms with Gasteiger partial charge in [0.05, 0.1) is 19.8 Å². The number of nitrogens with one attached hydrogen (secondary N) is 1. The van der Waals surface area contributed by atoms with Gasteiger partial charge in [0.15, 0.2) is 5.96 Å². The fourth-order valence-corrected chi connectivity index (χ4v) is 3.32. The lowest BCUT2D eigenvalue weighted by Gasteiger charge is -2.36. The lowest BCUT2D eigenvalue weighted by Crippen LogP contribution is -2.50. The van der Waals surface area contributed by atoms with E-state index in [1.54, 1.807) is 0 Å². The van der Waals surface area contributed by atoms with Gasteiger partial charge in [-0.1, -0.05) is 6.92 Å². The van der Waals surface area contributed by atoms with Crippen molar-refractivity contribution in [2.75, 3.05) is 58.7 Å². The van der Waals surface area contributed by atoms with Gasteiger partial charge in [0.1, 0.15) is 0 Å². The number of morpholine rings is 1. The predicted octanol–water partition coefficient (Wildman–Crippen LogP) is 1.89. The molecule has 1 N–H and O–H groups in total. The second-order valence-electron chi connectivity index (χ2n) is 6.44. The molecule has 8 heteroatoms. The number of carbonyl (C=O) groups excluding carboxylic acids is 1. The summed E-state index contributed by atoms with van der Waals surface area (Å²) in [5, 5.41) is 3.92. The van der Waals surface area contributed by atoms with Crippen molar-refractivity contribution in [1.82, 2.24) is 15.1 Å². The zero-order valence-electron chi connectivity index (χ0n) is 15.7. The number of hydrogen-bond donors (Lipinski definition) is 1. The molecular weight excluding hydrogens is 451 g/mol. The van der Waals surface area contributed by atoms with Crippen LogP contribution in [0.15, 0.2) is 4.99 Å². The Bertz CT molecular complexity index is 425. The van der Waals surface area contributed by atoms with Crippen LogP contribution >= 0.6 is 35.7 Å². The van der Waals surface area contributed by atoms with Crippen LogP contribution in [0.25, 0.3) is 0 Å². The van der Waals surface area contributed by atoms with Crippen molar-refractivity contribution in [3.63, 3.8) is 0 Å². The maximum atomic E-state index is 12.6. The molecule has 2 fully saturated rings. The molecule has 0 radical (unpaired) electrons. The smallest absolute Gasteiger partial charge is 0.225 e. The maximum absolute atomic E-state index is 12.6. The topological polar surface area (TPSA) is 57.2 Å². The van der Waals surface area contributed by atoms with E-state index in [-0.39, 0.29) is 29.9 Å². The Hall–Kier alpha value is -0.220. The second-order valence-corrected chi connectivity index (χ2v) is 7.72. The van der Waals surface area contributed by atoms with Crippen molar-refractivity contribution in [1.29, 1.82) is 0 Å². The van der Waals surface area contributed by atoms with Crippen LogP contribution < -0.4 is 5.32 Å². The van der Waals surface area contributed by atoms with E-state index in [1.807, 2.05) is 16.7 Å². The van der Waals surface area contributed by atoms with E-state index in [2.05, 4.69) is 30.3 Å². The minimum Gasteiger partial charge on any atom is -0.378 e. The molecule has 1 unspecified atom stereocenters. The van der Waals surface area contributed by atoms with Gasteiger partial charge in [-0.2, -0.15) is 11.8 Å². The van der Waals surface area contributed by atoms with Gasteiger partial charge >= 0.3 is 0 Å². The number of thioether (sulfide) groups is 1. The van der Waals surface area contributed by atoms with Gasteiger partial charge in [-0.3, -0.25) is 9.79 Å². The van der Waals surface area contributed by atoms with Gasteiger partial charge in [0.25, 0.3) is 0 Å². The number of nitrogens with zero attached hydrogens (tertiary/aromatic N) is 3. The molecule has 146 valence electrons. The molecule has 2 aliphatic heterocycles. The molecule has 0 saturated carbocycles. The van der Waals surface area contributed by atoms with E-state index in [4.69, 9.17) is 9.73 Å². The summed E-state index contributed by atoms with van der Waals surface area (Å²) in [6.07, 6.45) is 3.95. The fourth-order valence-electron chi connectivity index (χ4n) is 3.10. The quantitative estimate of drug-likeness (QED) is 0.367. The average molecular weight is 484 g/mol. The number of aliphatic imine (C=N–C) groups is 1. The van der Waals surface area contributed by atoms with Crippen LogP contribution in [-0.4, -0.2) is 85.7 Å². The monoisotopic (exact) mass is 484 g/mol. The molecule has 2 aliphatic rings. The molecule has 1 atom stereocenters. The number of hydrogen-bond acceptors (Lipinski definition) is 4. The maximum Gasteiger partial charge on any atom is 0.225 e. The Labute approximate surface area is 173 Å². The molecule has 0 bridgehead atoms. The first-order valence-electron chi connectivity index (χ1n) is 9.08. The Morgan fingerprint density at radius 2 is 1.88 bits per heavy atom. The molecule has 2 saturated heterocycles. The van der Waals surface area contributed by atoms with E-state index in [1.165, 1.54) is 0 Å². The number of rotatable bonds is 5. The van der Waals surface area contributed by atoms with Gasteiger partial charge in [-0.15, -0.1) is 24.0 Å². The second kappa shape index (κ2) is 12.2. The summed E-state index contributed by atoms with van der Waals surface area (Å²) in [6.45, 7) is 10.7. The van der Waals surface area contributed by atoms with E-state index >= 15 is 0 Å². The van der Waals surface area contributed by atoms with Crippen molar-refractivity contribution in [2.45, 2.75) is 31.9 Å². The van der Waals surface area contributed by atoms with Gasteiger partial charge < -0.3 is 19.9 Å². The molecule has 0 spiro atoms. The molecule has 1 amide bonds. The van der Waals surface area contributed by atoms with Crippen molar-refractivity contribution >= 4 is 47.6 Å². The van der Waals surface area contributed by atoms with E-state index in [0.29, 0.717) is 24.4 Å². The van der Waals surface area contributed by atoms with Crippen LogP contribution in [0, 0.1) is 5.92 Å². The molecule has 0 aromatic heterocycles. The molecule has 0 aromatic rings. The highest BCUT2D eigenvalue weighted by Crippen LogP contribution is 2.20. The summed E-state index contributed by atoms with van der Waals surface area (Å²) in [5.41, 5.74) is 0. The number of halogens is 1. The van der Waals surface area contributed by atoms with E-state index in [0.717, 1.165) is 58.1 Å². The number of amides is 1. The van der Waals surface area contributed by atoms with E-state index < -0.39 is 0 Å². The van der Waals surface area contributed by atoms with Crippen LogP contribution in [0.5, 0.6) is 0 Å². The lowest BCUT2D eigenvalue weighted by atomic mass is 9.95. The van der Waals surface area contributed by atoms with Crippen molar-refractivity contribution in [2.24, 2.45) is 10.9 Å². The molecule has 25 heavy (non-hydrogen) atoms. The van der Waals surface area contributed by atoms with Gasteiger partial charge in [-0.05, 0) is 26.0 Å². The number of carbonyl (C=O) groups is 1. The Balaban J connectivity index is 0.00000312. The van der Waals surface area contributed by atoms with Crippen LogP contribution in [-0.2, 0) is 9.53 Å². The number of ether oxygens (including phenoxy) is 1. The van der Waals surface area contributed by atoms with E-state index in [9.17, 15) is 4.79 Å². The number of guanidine groups is 1. The third-order valence-corrected chi connectivity index (χ3v) is 5.66. The average Bonchev–Trinajstić information content (AvgIpc) is 2.65. The summed E-state index contributed by atoms with van der Waals surface area (Å²) in [4.78, 5) is 21.7. The van der Waals surface area contributed by atoms with Crippen molar-refractivity contribution in [3.05, 3.63) is 0 Å². The van der Waals surface area contributed by atoms with Gasteiger partial charge in [-0.25, -0.2) is 0 Å². The summed E-state index contributed by atoms with van der Waals surface area (Å²) in [5.74, 6) is 1.47. The minimum atomic E-state index is 0. The third kappa shape index (κ3) is 7.13. The highest BCUT2D eigenvalue weighted by molar-refractivity contribution is 14.0. The Morgan fingerprint density at radius 3 is 2.44 bits per heavy atom. The number of piperidine rings is 1. The SMILES string of the molecule is CCNC(=NCC(C)SC)N1CCC(C(=O)N2CCOCC2)CC1.I. The molecule has 0 aliphatic carbocycles. The standard InChI is InChI=1S/C17H32N4O2S.HI/c1-4-18-17(19-13-14(2)24-3)21-7-5-15(6-8-21)16(22)20-9-11-23-12-10-20;/h14-15H,4-13H2,1-3H3,(H,18,19);1H. The van der Waals surface area contributed by atoms with Gasteiger partial charge in [0, 0.05) is 43.9 Å². The zero-order chi connectivity index (χ0) is 17.4. The van der Waals surface area contributed by atoms with Crippen LogP contribution in [0.1, 0.15) is 26.7 Å². The highest BCUT2D eigenvalue weighted by atomic mass is 127. The van der Waals surface area contributed by atoms with Crippen LogP contribution in [0.2, 0.25) is 0 Å². The summed E-state index contributed by atoms with van der Waals surface area (Å²) >= 11 is 1.84. The van der Waals surface area contributed by atoms with Crippen LogP contribution in [0.3, 0.4) is 0 Å². The summed E-state index contributed by atoms with van der Waals surface area (Å²) < 4.78 is 5.34. The number of likely N-dealkylation sites (tertiary alicyclic amines) is 1. The first-order chi connectivity index (χ1) is 11.7. The van der Waals surface area contributed by atoms with Crippen molar-refractivity contribution in [3.8, 4) is 0 Å². The normalized spacial score (nSPS) is 20.8. The van der Waals surface area contributed by atoms with Gasteiger partial charge in [0.2, 0.25) is 5.91 Å². The summed E-state index contributed by atoms with van der Waals surface area (Å²) in [6, 6.07) is 0. The minimum absolute atomic E-state index is 0. The largest absolute Gasteiger partial charge is 0.378 e. The summed E-state index contributed by atoms with van der Waals surface area (Å²) in [7, 11) is 0. The first-order valence-corrected chi connectivity index (χ1v) is 10.4. The molecule has 2 rings (SSSR count). The zero-order valence-corrected chi connectivity index (χ0v) is 18.8. The molecule has 2 heterocycles. The first kappa shape index (κ1) is 22.8. The lowest BCUT2D eigenvalue weighted by molar-refractivity contribution is -0.140. The fraction of sp³-hybridized carbons (Fsp3) is 0.882. The van der Waals surface area contributed by atoms with Crippen molar-refractivity contribution < 1.29 is 9.53 Å². The molecule has 6 nitrogen and oxygen atoms in total. The molecular formula is C17H33IN4O2S. The Kier molecular flexibility index (Phi) is 11.2.